The van der Waals surface area contributed by atoms with Crippen LogP contribution in [0, 0.1) is 0 Å². The molecule has 0 atom stereocenters. The molecule has 0 bridgehead atoms. The third kappa shape index (κ3) is 11.3. The highest BCUT2D eigenvalue weighted by atomic mass is 16.5. The van der Waals surface area contributed by atoms with E-state index < -0.39 is 5.97 Å². The molecule has 1 aliphatic rings. The number of esters is 2. The largest absolute Gasteiger partial charge is 0.494 e. The maximum atomic E-state index is 12.8. The SMILES string of the molecule is C=CC(=O)OCCCCOc1ccc(C(=O)OC2CCC(C)(c3ccc(OCCCCCCCC)cc3)CC2)cc1. The van der Waals surface area contributed by atoms with Crippen LogP contribution in [0.4, 0.5) is 0 Å². The molecule has 41 heavy (non-hydrogen) atoms. The van der Waals surface area contributed by atoms with Crippen molar-refractivity contribution >= 4 is 11.9 Å². The predicted octanol–water partition coefficient (Wildman–Crippen LogP) is 8.37. The molecule has 6 nitrogen and oxygen atoms in total. The molecular weight excluding hydrogens is 516 g/mol. The van der Waals surface area contributed by atoms with Crippen LogP contribution in [-0.2, 0) is 19.7 Å². The van der Waals surface area contributed by atoms with Crippen LogP contribution in [-0.4, -0.2) is 37.9 Å². The van der Waals surface area contributed by atoms with Gasteiger partial charge in [0.2, 0.25) is 0 Å². The highest BCUT2D eigenvalue weighted by Crippen LogP contribution is 2.40. The summed E-state index contributed by atoms with van der Waals surface area (Å²) >= 11 is 0. The summed E-state index contributed by atoms with van der Waals surface area (Å²) in [6.45, 7) is 9.55. The summed E-state index contributed by atoms with van der Waals surface area (Å²) in [6.07, 6.45) is 13.8. The van der Waals surface area contributed by atoms with Crippen molar-refractivity contribution in [2.24, 2.45) is 0 Å². The van der Waals surface area contributed by atoms with Crippen LogP contribution in [0.3, 0.4) is 0 Å². The van der Waals surface area contributed by atoms with E-state index in [9.17, 15) is 9.59 Å². The zero-order valence-electron chi connectivity index (χ0n) is 25.0. The molecule has 6 heteroatoms. The van der Waals surface area contributed by atoms with Crippen molar-refractivity contribution in [3.05, 3.63) is 72.3 Å². The highest BCUT2D eigenvalue weighted by Gasteiger charge is 2.34. The Morgan fingerprint density at radius 2 is 1.34 bits per heavy atom. The molecule has 3 rings (SSSR count). The third-order valence-electron chi connectivity index (χ3n) is 7.94. The lowest BCUT2D eigenvalue weighted by Crippen LogP contribution is -2.33. The molecule has 0 N–H and O–H groups in total. The van der Waals surface area contributed by atoms with E-state index >= 15 is 0 Å². The molecule has 1 fully saturated rings. The van der Waals surface area contributed by atoms with E-state index in [0.29, 0.717) is 30.9 Å². The van der Waals surface area contributed by atoms with Gasteiger partial charge in [-0.2, -0.15) is 0 Å². The molecule has 2 aromatic carbocycles. The number of ether oxygens (including phenoxy) is 4. The average molecular weight is 565 g/mol. The van der Waals surface area contributed by atoms with Gasteiger partial charge < -0.3 is 18.9 Å². The van der Waals surface area contributed by atoms with E-state index in [1.165, 1.54) is 37.7 Å². The summed E-state index contributed by atoms with van der Waals surface area (Å²) in [4.78, 5) is 23.8. The van der Waals surface area contributed by atoms with Gasteiger partial charge in [0.25, 0.3) is 0 Å². The van der Waals surface area contributed by atoms with Gasteiger partial charge in [0, 0.05) is 6.08 Å². The maximum absolute atomic E-state index is 12.8. The van der Waals surface area contributed by atoms with E-state index in [1.807, 2.05) is 0 Å². The van der Waals surface area contributed by atoms with Crippen LogP contribution >= 0.6 is 0 Å². The minimum atomic E-state index is -0.412. The van der Waals surface area contributed by atoms with Crippen LogP contribution in [0.15, 0.2) is 61.2 Å². The Labute approximate surface area is 246 Å². The first-order valence-corrected chi connectivity index (χ1v) is 15.4. The lowest BCUT2D eigenvalue weighted by atomic mass is 9.70. The second-order valence-corrected chi connectivity index (χ2v) is 11.3. The van der Waals surface area contributed by atoms with Gasteiger partial charge in [-0.1, -0.05) is 64.7 Å². The molecule has 0 spiro atoms. The fraction of sp³-hybridized carbons (Fsp3) is 0.543. The minimum absolute atomic E-state index is 0.0679. The van der Waals surface area contributed by atoms with Crippen molar-refractivity contribution in [3.63, 3.8) is 0 Å². The third-order valence-corrected chi connectivity index (χ3v) is 7.94. The smallest absolute Gasteiger partial charge is 0.338 e. The highest BCUT2D eigenvalue weighted by molar-refractivity contribution is 5.89. The summed E-state index contributed by atoms with van der Waals surface area (Å²) in [6, 6.07) is 15.6. The van der Waals surface area contributed by atoms with Gasteiger partial charge in [-0.3, -0.25) is 0 Å². The number of benzene rings is 2. The quantitative estimate of drug-likeness (QED) is 0.103. The van der Waals surface area contributed by atoms with Crippen molar-refractivity contribution in [2.75, 3.05) is 19.8 Å². The number of hydrogen-bond acceptors (Lipinski definition) is 6. The van der Waals surface area contributed by atoms with Gasteiger partial charge in [-0.05, 0) is 92.3 Å². The molecule has 0 saturated heterocycles. The monoisotopic (exact) mass is 564 g/mol. The van der Waals surface area contributed by atoms with E-state index in [0.717, 1.165) is 57.0 Å². The Bertz CT molecular complexity index is 1050. The summed E-state index contributed by atoms with van der Waals surface area (Å²) < 4.78 is 22.5. The van der Waals surface area contributed by atoms with Gasteiger partial charge in [-0.25, -0.2) is 9.59 Å². The summed E-state index contributed by atoms with van der Waals surface area (Å²) in [5.41, 5.74) is 1.92. The molecule has 1 saturated carbocycles. The van der Waals surface area contributed by atoms with Crippen molar-refractivity contribution < 1.29 is 28.5 Å². The molecule has 0 amide bonds. The number of rotatable bonds is 18. The molecule has 0 aromatic heterocycles. The van der Waals surface area contributed by atoms with Crippen LogP contribution < -0.4 is 9.47 Å². The van der Waals surface area contributed by atoms with Crippen LogP contribution in [0.2, 0.25) is 0 Å². The Hall–Kier alpha value is -3.28. The van der Waals surface area contributed by atoms with E-state index in [1.54, 1.807) is 24.3 Å². The molecule has 2 aromatic rings. The first-order chi connectivity index (χ1) is 19.9. The van der Waals surface area contributed by atoms with Gasteiger partial charge in [-0.15, -0.1) is 0 Å². The van der Waals surface area contributed by atoms with Crippen molar-refractivity contribution in [3.8, 4) is 11.5 Å². The molecule has 0 aliphatic heterocycles. The second-order valence-electron chi connectivity index (χ2n) is 11.3. The summed E-state index contributed by atoms with van der Waals surface area (Å²) in [5.74, 6) is 0.930. The lowest BCUT2D eigenvalue weighted by Gasteiger charge is -2.37. The average Bonchev–Trinajstić information content (AvgIpc) is 3.00. The molecule has 1 aliphatic carbocycles. The Kier molecular flexibility index (Phi) is 13.8. The molecule has 0 radical (unpaired) electrons. The zero-order valence-corrected chi connectivity index (χ0v) is 25.0. The summed E-state index contributed by atoms with van der Waals surface area (Å²) in [7, 11) is 0. The Morgan fingerprint density at radius 3 is 1.95 bits per heavy atom. The first-order valence-electron chi connectivity index (χ1n) is 15.4. The minimum Gasteiger partial charge on any atom is -0.494 e. The number of carbonyl (C=O) groups is 2. The molecule has 0 unspecified atom stereocenters. The fourth-order valence-corrected chi connectivity index (χ4v) is 5.19. The first kappa shape index (κ1) is 32.2. The predicted molar refractivity (Wildman–Crippen MR) is 163 cm³/mol. The van der Waals surface area contributed by atoms with Crippen LogP contribution in [0.5, 0.6) is 11.5 Å². The van der Waals surface area contributed by atoms with Crippen molar-refractivity contribution in [1.82, 2.24) is 0 Å². The molecular formula is C35H48O6. The van der Waals surface area contributed by atoms with Crippen molar-refractivity contribution in [2.45, 2.75) is 102 Å². The van der Waals surface area contributed by atoms with Crippen LogP contribution in [0.25, 0.3) is 0 Å². The number of unbranched alkanes of at least 4 members (excludes halogenated alkanes) is 6. The van der Waals surface area contributed by atoms with Crippen molar-refractivity contribution in [1.29, 1.82) is 0 Å². The Morgan fingerprint density at radius 1 is 0.805 bits per heavy atom. The molecule has 0 heterocycles. The van der Waals surface area contributed by atoms with Gasteiger partial charge >= 0.3 is 11.9 Å². The number of carbonyl (C=O) groups excluding carboxylic acids is 2. The Balaban J connectivity index is 1.35. The number of hydrogen-bond donors (Lipinski definition) is 0. The van der Waals surface area contributed by atoms with Gasteiger partial charge in [0.05, 0.1) is 25.4 Å². The van der Waals surface area contributed by atoms with Gasteiger partial charge in [0.1, 0.15) is 17.6 Å². The van der Waals surface area contributed by atoms with E-state index in [4.69, 9.17) is 18.9 Å². The van der Waals surface area contributed by atoms with E-state index in [-0.39, 0.29) is 17.5 Å². The fourth-order valence-electron chi connectivity index (χ4n) is 5.19. The van der Waals surface area contributed by atoms with E-state index in [2.05, 4.69) is 44.7 Å². The van der Waals surface area contributed by atoms with Gasteiger partial charge in [0.15, 0.2) is 0 Å². The second kappa shape index (κ2) is 17.5. The standard InChI is InChI=1S/C35H48O6/c1-4-6-7-8-9-10-25-38-31-19-15-29(16-20-31)35(3)23-21-32(22-24-35)41-34(37)28-13-17-30(18-14-28)39-26-11-12-27-40-33(36)5-2/h5,13-20,32H,2,4,6-12,21-27H2,1,3H3. The summed E-state index contributed by atoms with van der Waals surface area (Å²) in [5, 5.41) is 0. The topological polar surface area (TPSA) is 71.1 Å². The normalized spacial score (nSPS) is 18.3. The zero-order chi connectivity index (χ0) is 29.3. The molecule has 224 valence electrons. The lowest BCUT2D eigenvalue weighted by molar-refractivity contribution is -0.137. The maximum Gasteiger partial charge on any atom is 0.338 e. The van der Waals surface area contributed by atoms with Crippen LogP contribution in [0.1, 0.15) is 107 Å².